The number of hydrogen-bond acceptors (Lipinski definition) is 3. The number of hydrogen-bond donors (Lipinski definition) is 1. The minimum Gasteiger partial charge on any atom is -0.337 e. The molecular formula is C10H6ClFIN3. The molecule has 16 heavy (non-hydrogen) atoms. The quantitative estimate of drug-likeness (QED) is 0.842. The number of nitrogens with one attached hydrogen (secondary N) is 1. The summed E-state index contributed by atoms with van der Waals surface area (Å²) < 4.78 is 13.6. The molecule has 0 atom stereocenters. The molecule has 0 saturated heterocycles. The average molecular weight is 350 g/mol. The van der Waals surface area contributed by atoms with Gasteiger partial charge in [0, 0.05) is 16.0 Å². The third kappa shape index (κ3) is 2.59. The highest BCUT2D eigenvalue weighted by molar-refractivity contribution is 14.1. The first kappa shape index (κ1) is 11.5. The van der Waals surface area contributed by atoms with Crippen LogP contribution in [0.4, 0.5) is 15.9 Å². The molecule has 1 aromatic carbocycles. The van der Waals surface area contributed by atoms with Crippen molar-refractivity contribution in [3.63, 3.8) is 0 Å². The lowest BCUT2D eigenvalue weighted by Crippen LogP contribution is -1.97. The normalized spacial score (nSPS) is 10.2. The summed E-state index contributed by atoms with van der Waals surface area (Å²) in [4.78, 5) is 7.92. The number of aromatic nitrogens is 2. The zero-order valence-electron chi connectivity index (χ0n) is 7.92. The van der Waals surface area contributed by atoms with Gasteiger partial charge in [-0.2, -0.15) is 0 Å². The van der Waals surface area contributed by atoms with E-state index in [9.17, 15) is 4.39 Å². The van der Waals surface area contributed by atoms with Gasteiger partial charge in [0.25, 0.3) is 0 Å². The lowest BCUT2D eigenvalue weighted by Gasteiger charge is -2.08. The van der Waals surface area contributed by atoms with Crippen LogP contribution >= 0.6 is 34.2 Å². The Morgan fingerprint density at radius 1 is 1.25 bits per heavy atom. The van der Waals surface area contributed by atoms with Crippen LogP contribution in [-0.4, -0.2) is 9.97 Å². The van der Waals surface area contributed by atoms with Gasteiger partial charge in [-0.25, -0.2) is 14.4 Å². The molecular weight excluding hydrogens is 343 g/mol. The van der Waals surface area contributed by atoms with Crippen LogP contribution in [-0.2, 0) is 0 Å². The van der Waals surface area contributed by atoms with Crippen LogP contribution in [0.1, 0.15) is 0 Å². The lowest BCUT2D eigenvalue weighted by molar-refractivity contribution is 0.627. The molecule has 0 unspecified atom stereocenters. The van der Waals surface area contributed by atoms with Gasteiger partial charge in [0.05, 0.1) is 5.69 Å². The SMILES string of the molecule is Fc1ccc(Nc2nccnc2Cl)c(I)c1. The van der Waals surface area contributed by atoms with Crippen LogP contribution in [0.15, 0.2) is 30.6 Å². The monoisotopic (exact) mass is 349 g/mol. The van der Waals surface area contributed by atoms with Crippen molar-refractivity contribution < 1.29 is 4.39 Å². The van der Waals surface area contributed by atoms with E-state index in [2.05, 4.69) is 15.3 Å². The van der Waals surface area contributed by atoms with Crippen molar-refractivity contribution in [1.82, 2.24) is 9.97 Å². The molecule has 82 valence electrons. The second-order valence-electron chi connectivity index (χ2n) is 2.94. The van der Waals surface area contributed by atoms with Crippen molar-refractivity contribution in [2.24, 2.45) is 0 Å². The van der Waals surface area contributed by atoms with E-state index < -0.39 is 0 Å². The zero-order chi connectivity index (χ0) is 11.5. The number of anilines is 2. The van der Waals surface area contributed by atoms with E-state index in [1.165, 1.54) is 24.5 Å². The molecule has 0 bridgehead atoms. The summed E-state index contributed by atoms with van der Waals surface area (Å²) in [6, 6.07) is 4.42. The van der Waals surface area contributed by atoms with Crippen molar-refractivity contribution in [2.75, 3.05) is 5.32 Å². The highest BCUT2D eigenvalue weighted by Gasteiger charge is 2.05. The number of rotatable bonds is 2. The molecule has 0 saturated carbocycles. The average Bonchev–Trinajstić information content (AvgIpc) is 2.25. The Kier molecular flexibility index (Phi) is 3.55. The summed E-state index contributed by atoms with van der Waals surface area (Å²) in [7, 11) is 0. The summed E-state index contributed by atoms with van der Waals surface area (Å²) in [5, 5.41) is 3.27. The third-order valence-corrected chi connectivity index (χ3v) is 3.01. The van der Waals surface area contributed by atoms with Crippen molar-refractivity contribution in [1.29, 1.82) is 0 Å². The second kappa shape index (κ2) is 4.92. The molecule has 0 aliphatic heterocycles. The maximum absolute atomic E-state index is 12.9. The van der Waals surface area contributed by atoms with E-state index in [0.29, 0.717) is 5.82 Å². The molecule has 2 rings (SSSR count). The van der Waals surface area contributed by atoms with Gasteiger partial charge in [-0.1, -0.05) is 11.6 Å². The number of benzene rings is 1. The first-order chi connectivity index (χ1) is 7.66. The fourth-order valence-corrected chi connectivity index (χ4v) is 1.89. The maximum atomic E-state index is 12.9. The van der Waals surface area contributed by atoms with Crippen LogP contribution in [0.25, 0.3) is 0 Å². The second-order valence-corrected chi connectivity index (χ2v) is 4.47. The van der Waals surface area contributed by atoms with E-state index >= 15 is 0 Å². The summed E-state index contributed by atoms with van der Waals surface area (Å²) in [6.07, 6.45) is 3.04. The molecule has 1 aromatic heterocycles. The molecule has 3 nitrogen and oxygen atoms in total. The van der Waals surface area contributed by atoms with Crippen LogP contribution in [0, 0.1) is 9.39 Å². The van der Waals surface area contributed by atoms with Gasteiger partial charge in [0.2, 0.25) is 0 Å². The molecule has 1 heterocycles. The van der Waals surface area contributed by atoms with E-state index in [-0.39, 0.29) is 11.0 Å². The van der Waals surface area contributed by atoms with Gasteiger partial charge in [0.1, 0.15) is 5.82 Å². The lowest BCUT2D eigenvalue weighted by atomic mass is 10.3. The van der Waals surface area contributed by atoms with Gasteiger partial charge >= 0.3 is 0 Å². The maximum Gasteiger partial charge on any atom is 0.171 e. The van der Waals surface area contributed by atoms with Crippen molar-refractivity contribution in [3.05, 3.63) is 45.1 Å². The van der Waals surface area contributed by atoms with Crippen molar-refractivity contribution in [3.8, 4) is 0 Å². The summed E-state index contributed by atoms with van der Waals surface area (Å²) in [5.74, 6) is 0.175. The van der Waals surface area contributed by atoms with Crippen LogP contribution in [0.2, 0.25) is 5.15 Å². The van der Waals surface area contributed by atoms with Gasteiger partial charge in [0.15, 0.2) is 11.0 Å². The molecule has 0 amide bonds. The van der Waals surface area contributed by atoms with Crippen LogP contribution in [0.3, 0.4) is 0 Å². The molecule has 2 aromatic rings. The Morgan fingerprint density at radius 2 is 2.00 bits per heavy atom. The Hall–Kier alpha value is -0.950. The third-order valence-electron chi connectivity index (χ3n) is 1.84. The minimum atomic E-state index is -0.278. The fourth-order valence-electron chi connectivity index (χ4n) is 1.12. The highest BCUT2D eigenvalue weighted by atomic mass is 127. The Balaban J connectivity index is 2.31. The van der Waals surface area contributed by atoms with Crippen LogP contribution in [0.5, 0.6) is 0 Å². The molecule has 1 N–H and O–H groups in total. The largest absolute Gasteiger partial charge is 0.337 e. The molecule has 0 fully saturated rings. The van der Waals surface area contributed by atoms with Gasteiger partial charge in [-0.3, -0.25) is 0 Å². The predicted molar refractivity (Wildman–Crippen MR) is 69.4 cm³/mol. The Morgan fingerprint density at radius 3 is 2.69 bits per heavy atom. The van der Waals surface area contributed by atoms with Crippen molar-refractivity contribution in [2.45, 2.75) is 0 Å². The number of halogens is 3. The molecule has 0 spiro atoms. The van der Waals surface area contributed by atoms with E-state index in [4.69, 9.17) is 11.6 Å². The van der Waals surface area contributed by atoms with Crippen molar-refractivity contribution >= 4 is 45.7 Å². The molecule has 0 aliphatic rings. The summed E-state index contributed by atoms with van der Waals surface area (Å²) in [5.41, 5.74) is 0.740. The first-order valence-electron chi connectivity index (χ1n) is 4.35. The fraction of sp³-hybridized carbons (Fsp3) is 0. The summed E-state index contributed by atoms with van der Waals surface area (Å²) >= 11 is 7.88. The van der Waals surface area contributed by atoms with E-state index in [1.54, 1.807) is 6.07 Å². The summed E-state index contributed by atoms with van der Waals surface area (Å²) in [6.45, 7) is 0. The van der Waals surface area contributed by atoms with Gasteiger partial charge < -0.3 is 5.32 Å². The molecule has 6 heteroatoms. The molecule has 0 aliphatic carbocycles. The molecule has 0 radical (unpaired) electrons. The van der Waals surface area contributed by atoms with Gasteiger partial charge in [-0.05, 0) is 40.8 Å². The van der Waals surface area contributed by atoms with Gasteiger partial charge in [-0.15, -0.1) is 0 Å². The standard InChI is InChI=1S/C10H6ClFIN3/c11-9-10(15-4-3-14-9)16-8-2-1-6(12)5-7(8)13/h1-5H,(H,15,16). The van der Waals surface area contributed by atoms with E-state index in [1.807, 2.05) is 22.6 Å². The zero-order valence-corrected chi connectivity index (χ0v) is 10.8. The predicted octanol–water partition coefficient (Wildman–Crippen LogP) is 3.62. The minimum absolute atomic E-state index is 0.278. The Labute approximate surface area is 110 Å². The van der Waals surface area contributed by atoms with Crippen LogP contribution < -0.4 is 5.32 Å². The first-order valence-corrected chi connectivity index (χ1v) is 5.81. The smallest absolute Gasteiger partial charge is 0.171 e. The number of nitrogens with zero attached hydrogens (tertiary/aromatic N) is 2. The topological polar surface area (TPSA) is 37.8 Å². The van der Waals surface area contributed by atoms with E-state index in [0.717, 1.165) is 9.26 Å². The Bertz CT molecular complexity index is 521. The highest BCUT2D eigenvalue weighted by Crippen LogP contribution is 2.25.